The van der Waals surface area contributed by atoms with Crippen molar-refractivity contribution < 1.29 is 13.2 Å². The first-order valence-corrected chi connectivity index (χ1v) is 6.09. The van der Waals surface area contributed by atoms with Crippen molar-refractivity contribution in [3.63, 3.8) is 0 Å². The first-order chi connectivity index (χ1) is 7.39. The number of ketones is 1. The van der Waals surface area contributed by atoms with Gasteiger partial charge in [0.2, 0.25) is 10.0 Å². The summed E-state index contributed by atoms with van der Waals surface area (Å²) in [5.74, 6) is -0.282. The second kappa shape index (κ2) is 4.73. The summed E-state index contributed by atoms with van der Waals surface area (Å²) in [6.07, 6.45) is 0. The van der Waals surface area contributed by atoms with E-state index in [1.165, 1.54) is 32.3 Å². The summed E-state index contributed by atoms with van der Waals surface area (Å²) in [7, 11) is -0.626. The number of nitrogens with zero attached hydrogens (tertiary/aromatic N) is 1. The summed E-state index contributed by atoms with van der Waals surface area (Å²) >= 11 is 0. The van der Waals surface area contributed by atoms with Crippen LogP contribution < -0.4 is 5.73 Å². The van der Waals surface area contributed by atoms with E-state index in [2.05, 4.69) is 0 Å². The molecular weight excluding hydrogens is 228 g/mol. The van der Waals surface area contributed by atoms with Crippen LogP contribution in [0.4, 0.5) is 0 Å². The maximum Gasteiger partial charge on any atom is 0.242 e. The Morgan fingerprint density at radius 1 is 1.38 bits per heavy atom. The van der Waals surface area contributed by atoms with E-state index in [1.807, 2.05) is 0 Å². The Morgan fingerprint density at radius 3 is 2.50 bits per heavy atom. The minimum Gasteiger partial charge on any atom is -0.324 e. The number of carbonyl (C=O) groups is 1. The number of Topliss-reactive ketones (excluding diaryl/α,β-unsaturated/α-hetero) is 1. The first kappa shape index (κ1) is 12.8. The van der Waals surface area contributed by atoms with Crippen molar-refractivity contribution in [1.82, 2.24) is 4.31 Å². The highest BCUT2D eigenvalue weighted by molar-refractivity contribution is 7.89. The quantitative estimate of drug-likeness (QED) is 0.758. The molecule has 0 bridgehead atoms. The van der Waals surface area contributed by atoms with Crippen molar-refractivity contribution in [3.05, 3.63) is 29.8 Å². The molecule has 16 heavy (non-hydrogen) atoms. The van der Waals surface area contributed by atoms with Crippen LogP contribution in [0.25, 0.3) is 0 Å². The Kier molecular flexibility index (Phi) is 3.79. The Balaban J connectivity index is 3.24. The van der Waals surface area contributed by atoms with Gasteiger partial charge in [-0.2, -0.15) is 0 Å². The summed E-state index contributed by atoms with van der Waals surface area (Å²) in [5.41, 5.74) is 5.52. The molecule has 0 unspecified atom stereocenters. The zero-order valence-corrected chi connectivity index (χ0v) is 9.99. The lowest BCUT2D eigenvalue weighted by Gasteiger charge is -2.11. The van der Waals surface area contributed by atoms with Crippen LogP contribution in [-0.2, 0) is 10.0 Å². The lowest BCUT2D eigenvalue weighted by Crippen LogP contribution is -2.22. The number of benzene rings is 1. The molecule has 0 amide bonds. The van der Waals surface area contributed by atoms with Crippen LogP contribution in [0, 0.1) is 0 Å². The van der Waals surface area contributed by atoms with Gasteiger partial charge in [-0.3, -0.25) is 4.79 Å². The molecule has 0 heterocycles. The van der Waals surface area contributed by atoms with Crippen LogP contribution in [0.5, 0.6) is 0 Å². The third-order valence-corrected chi connectivity index (χ3v) is 3.93. The Hall–Kier alpha value is -1.24. The molecule has 1 aromatic carbocycles. The van der Waals surface area contributed by atoms with Gasteiger partial charge in [-0.05, 0) is 12.1 Å². The molecule has 0 aliphatic carbocycles. The summed E-state index contributed by atoms with van der Waals surface area (Å²) in [6, 6.07) is 5.86. The van der Waals surface area contributed by atoms with Gasteiger partial charge in [0.05, 0.1) is 11.4 Å². The van der Waals surface area contributed by atoms with Crippen LogP contribution in [0.15, 0.2) is 29.2 Å². The van der Waals surface area contributed by atoms with Gasteiger partial charge in [0.1, 0.15) is 0 Å². The maximum atomic E-state index is 11.8. The topological polar surface area (TPSA) is 80.5 Å². The highest BCUT2D eigenvalue weighted by atomic mass is 32.2. The SMILES string of the molecule is CN(C)S(=O)(=O)c1cccc(C(=O)CN)c1. The predicted molar refractivity (Wildman–Crippen MR) is 60.7 cm³/mol. The molecule has 0 fully saturated rings. The van der Waals surface area contributed by atoms with Crippen LogP contribution >= 0.6 is 0 Å². The Morgan fingerprint density at radius 2 is 2.00 bits per heavy atom. The second-order valence-corrected chi connectivity index (χ2v) is 5.59. The van der Waals surface area contributed by atoms with E-state index >= 15 is 0 Å². The van der Waals surface area contributed by atoms with Crippen molar-refractivity contribution in [2.45, 2.75) is 4.90 Å². The van der Waals surface area contributed by atoms with E-state index in [0.29, 0.717) is 5.56 Å². The van der Waals surface area contributed by atoms with E-state index < -0.39 is 10.0 Å². The fourth-order valence-electron chi connectivity index (χ4n) is 1.16. The van der Waals surface area contributed by atoms with Crippen LogP contribution in [0.1, 0.15) is 10.4 Å². The average molecular weight is 242 g/mol. The summed E-state index contributed by atoms with van der Waals surface area (Å²) in [4.78, 5) is 11.4. The van der Waals surface area contributed by atoms with Crippen molar-refractivity contribution in [3.8, 4) is 0 Å². The van der Waals surface area contributed by atoms with Crippen molar-refractivity contribution in [2.24, 2.45) is 5.73 Å². The number of carbonyl (C=O) groups excluding carboxylic acids is 1. The van der Waals surface area contributed by atoms with Crippen molar-refractivity contribution >= 4 is 15.8 Å². The summed E-state index contributed by atoms with van der Waals surface area (Å²) in [6.45, 7) is -0.133. The molecule has 88 valence electrons. The van der Waals surface area contributed by atoms with E-state index in [-0.39, 0.29) is 17.2 Å². The summed E-state index contributed by atoms with van der Waals surface area (Å²) < 4.78 is 24.7. The standard InChI is InChI=1S/C10H14N2O3S/c1-12(2)16(14,15)9-5-3-4-8(6-9)10(13)7-11/h3-6H,7,11H2,1-2H3. The van der Waals surface area contributed by atoms with Gasteiger partial charge in [0, 0.05) is 19.7 Å². The lowest BCUT2D eigenvalue weighted by atomic mass is 10.1. The monoisotopic (exact) mass is 242 g/mol. The molecule has 0 aliphatic rings. The number of rotatable bonds is 4. The third kappa shape index (κ3) is 2.46. The molecule has 5 nitrogen and oxygen atoms in total. The molecule has 2 N–H and O–H groups in total. The molecular formula is C10H14N2O3S. The molecule has 0 saturated heterocycles. The van der Waals surface area contributed by atoms with E-state index in [1.54, 1.807) is 6.07 Å². The highest BCUT2D eigenvalue weighted by Gasteiger charge is 2.18. The maximum absolute atomic E-state index is 11.8. The van der Waals surface area contributed by atoms with E-state index in [9.17, 15) is 13.2 Å². The molecule has 0 saturated carbocycles. The zero-order valence-electron chi connectivity index (χ0n) is 9.17. The molecule has 6 heteroatoms. The molecule has 1 rings (SSSR count). The fourth-order valence-corrected chi connectivity index (χ4v) is 2.11. The van der Waals surface area contributed by atoms with Gasteiger partial charge in [0.15, 0.2) is 5.78 Å². The van der Waals surface area contributed by atoms with Gasteiger partial charge in [0.25, 0.3) is 0 Å². The lowest BCUT2D eigenvalue weighted by molar-refractivity contribution is 0.100. The van der Waals surface area contributed by atoms with E-state index in [4.69, 9.17) is 5.73 Å². The highest BCUT2D eigenvalue weighted by Crippen LogP contribution is 2.14. The molecule has 0 spiro atoms. The number of hydrogen-bond donors (Lipinski definition) is 1. The smallest absolute Gasteiger partial charge is 0.242 e. The number of sulfonamides is 1. The Labute approximate surface area is 94.9 Å². The number of hydrogen-bond acceptors (Lipinski definition) is 4. The average Bonchev–Trinajstić information content (AvgIpc) is 2.28. The Bertz CT molecular complexity index is 495. The van der Waals surface area contributed by atoms with Crippen molar-refractivity contribution in [1.29, 1.82) is 0 Å². The van der Waals surface area contributed by atoms with Crippen molar-refractivity contribution in [2.75, 3.05) is 20.6 Å². The molecule has 1 aromatic rings. The predicted octanol–water partition coefficient (Wildman–Crippen LogP) is 0.0783. The second-order valence-electron chi connectivity index (χ2n) is 3.44. The van der Waals surface area contributed by atoms with Gasteiger partial charge < -0.3 is 5.73 Å². The third-order valence-electron chi connectivity index (χ3n) is 2.12. The first-order valence-electron chi connectivity index (χ1n) is 4.65. The van der Waals surface area contributed by atoms with E-state index in [0.717, 1.165) is 4.31 Å². The largest absolute Gasteiger partial charge is 0.324 e. The van der Waals surface area contributed by atoms with Crippen LogP contribution in [-0.4, -0.2) is 39.1 Å². The molecule has 0 aromatic heterocycles. The van der Waals surface area contributed by atoms with Crippen LogP contribution in [0.3, 0.4) is 0 Å². The van der Waals surface area contributed by atoms with Gasteiger partial charge in [-0.25, -0.2) is 12.7 Å². The minimum absolute atomic E-state index is 0.0943. The van der Waals surface area contributed by atoms with Gasteiger partial charge in [-0.15, -0.1) is 0 Å². The molecule has 0 aliphatic heterocycles. The van der Waals surface area contributed by atoms with Gasteiger partial charge >= 0.3 is 0 Å². The van der Waals surface area contributed by atoms with Crippen LogP contribution in [0.2, 0.25) is 0 Å². The minimum atomic E-state index is -3.50. The number of nitrogens with two attached hydrogens (primary N) is 1. The normalized spacial score (nSPS) is 11.8. The van der Waals surface area contributed by atoms with Gasteiger partial charge in [-0.1, -0.05) is 12.1 Å². The molecule has 0 atom stereocenters. The molecule has 0 radical (unpaired) electrons. The zero-order chi connectivity index (χ0) is 12.3. The summed E-state index contributed by atoms with van der Waals surface area (Å²) in [5, 5.41) is 0. The fraction of sp³-hybridized carbons (Fsp3) is 0.300.